The summed E-state index contributed by atoms with van der Waals surface area (Å²) in [7, 11) is 0. The van der Waals surface area contributed by atoms with Crippen molar-refractivity contribution < 1.29 is 15.0 Å². The standard InChI is InChI=1S/C16H30O3/c1-5-7-13(14(17)18)16(19)10-6-8-12(9-11-16)15(2,3)4/h12-13,19H,5-11H2,1-4H3,(H,17,18). The Labute approximate surface area is 117 Å². The number of rotatable bonds is 4. The van der Waals surface area contributed by atoms with E-state index in [0.717, 1.165) is 25.7 Å². The van der Waals surface area contributed by atoms with Gasteiger partial charge in [-0.15, -0.1) is 0 Å². The summed E-state index contributed by atoms with van der Waals surface area (Å²) in [6.07, 6.45) is 5.63. The van der Waals surface area contributed by atoms with E-state index in [0.29, 0.717) is 25.2 Å². The van der Waals surface area contributed by atoms with E-state index >= 15 is 0 Å². The molecule has 3 atom stereocenters. The van der Waals surface area contributed by atoms with Crippen molar-refractivity contribution in [2.75, 3.05) is 0 Å². The van der Waals surface area contributed by atoms with E-state index in [1.165, 1.54) is 0 Å². The minimum atomic E-state index is -0.998. The SMILES string of the molecule is CCCC(C(=O)O)C1(O)CCCC(C(C)(C)C)CC1. The van der Waals surface area contributed by atoms with Gasteiger partial charge in [-0.2, -0.15) is 0 Å². The summed E-state index contributed by atoms with van der Waals surface area (Å²) >= 11 is 0. The zero-order chi connectivity index (χ0) is 14.7. The smallest absolute Gasteiger partial charge is 0.309 e. The van der Waals surface area contributed by atoms with Gasteiger partial charge in [0.15, 0.2) is 0 Å². The van der Waals surface area contributed by atoms with Crippen LogP contribution in [-0.2, 0) is 4.79 Å². The van der Waals surface area contributed by atoms with Crippen LogP contribution in [0.15, 0.2) is 0 Å². The second kappa shape index (κ2) is 6.25. The first kappa shape index (κ1) is 16.5. The first-order valence-electron chi connectivity index (χ1n) is 7.66. The molecule has 3 nitrogen and oxygen atoms in total. The lowest BCUT2D eigenvalue weighted by Gasteiger charge is -2.34. The predicted molar refractivity (Wildman–Crippen MR) is 77.0 cm³/mol. The summed E-state index contributed by atoms with van der Waals surface area (Å²) in [4.78, 5) is 11.4. The molecule has 0 bridgehead atoms. The highest BCUT2D eigenvalue weighted by Crippen LogP contribution is 2.43. The van der Waals surface area contributed by atoms with Crippen molar-refractivity contribution in [1.82, 2.24) is 0 Å². The second-order valence-corrected chi connectivity index (χ2v) is 7.28. The van der Waals surface area contributed by atoms with Gasteiger partial charge in [0.2, 0.25) is 0 Å². The lowest BCUT2D eigenvalue weighted by molar-refractivity contribution is -0.154. The Morgan fingerprint density at radius 3 is 2.42 bits per heavy atom. The maximum absolute atomic E-state index is 11.4. The third-order valence-electron chi connectivity index (χ3n) is 4.84. The fraction of sp³-hybridized carbons (Fsp3) is 0.938. The van der Waals surface area contributed by atoms with Gasteiger partial charge in [-0.3, -0.25) is 4.79 Å². The maximum atomic E-state index is 11.4. The van der Waals surface area contributed by atoms with Crippen molar-refractivity contribution in [3.05, 3.63) is 0 Å². The molecule has 1 rings (SSSR count). The van der Waals surface area contributed by atoms with Crippen molar-refractivity contribution in [2.45, 2.75) is 78.2 Å². The minimum Gasteiger partial charge on any atom is -0.481 e. The van der Waals surface area contributed by atoms with Gasteiger partial charge in [-0.05, 0) is 43.4 Å². The molecule has 0 spiro atoms. The zero-order valence-electron chi connectivity index (χ0n) is 12.9. The first-order valence-corrected chi connectivity index (χ1v) is 7.66. The van der Waals surface area contributed by atoms with Crippen molar-refractivity contribution in [2.24, 2.45) is 17.3 Å². The van der Waals surface area contributed by atoms with Gasteiger partial charge in [0.1, 0.15) is 0 Å². The molecule has 0 aromatic heterocycles. The number of carboxylic acid groups (broad SMARTS) is 1. The van der Waals surface area contributed by atoms with Crippen LogP contribution in [0.4, 0.5) is 0 Å². The summed E-state index contributed by atoms with van der Waals surface area (Å²) in [6.45, 7) is 8.70. The van der Waals surface area contributed by atoms with Crippen LogP contribution in [0, 0.1) is 17.3 Å². The first-order chi connectivity index (χ1) is 8.70. The molecule has 19 heavy (non-hydrogen) atoms. The Morgan fingerprint density at radius 2 is 1.95 bits per heavy atom. The molecule has 1 aliphatic carbocycles. The Bertz CT molecular complexity index is 306. The average molecular weight is 270 g/mol. The minimum absolute atomic E-state index is 0.245. The Kier molecular flexibility index (Phi) is 5.43. The van der Waals surface area contributed by atoms with E-state index in [4.69, 9.17) is 0 Å². The highest BCUT2D eigenvalue weighted by atomic mass is 16.4. The molecule has 3 heteroatoms. The van der Waals surface area contributed by atoms with Crippen LogP contribution < -0.4 is 0 Å². The second-order valence-electron chi connectivity index (χ2n) is 7.28. The molecule has 0 aromatic carbocycles. The van der Waals surface area contributed by atoms with Crippen LogP contribution in [0.1, 0.15) is 72.6 Å². The molecule has 2 N–H and O–H groups in total. The van der Waals surface area contributed by atoms with Crippen molar-refractivity contribution >= 4 is 5.97 Å². The van der Waals surface area contributed by atoms with Crippen LogP contribution in [0.25, 0.3) is 0 Å². The third kappa shape index (κ3) is 4.20. The maximum Gasteiger partial charge on any atom is 0.309 e. The molecule has 3 unspecified atom stereocenters. The molecule has 1 aliphatic rings. The molecule has 0 aliphatic heterocycles. The average Bonchev–Trinajstić information content (AvgIpc) is 2.47. The number of hydrogen-bond acceptors (Lipinski definition) is 2. The van der Waals surface area contributed by atoms with Gasteiger partial charge in [-0.25, -0.2) is 0 Å². The summed E-state index contributed by atoms with van der Waals surface area (Å²) in [5.41, 5.74) is -0.753. The van der Waals surface area contributed by atoms with E-state index in [9.17, 15) is 15.0 Å². The van der Waals surface area contributed by atoms with Crippen LogP contribution >= 0.6 is 0 Å². The number of aliphatic hydroxyl groups is 1. The molecule has 0 aromatic rings. The Balaban J connectivity index is 2.80. The molecular weight excluding hydrogens is 240 g/mol. The summed E-state index contributed by atoms with van der Waals surface area (Å²) in [6, 6.07) is 0. The lowest BCUT2D eigenvalue weighted by Crippen LogP contribution is -2.42. The van der Waals surface area contributed by atoms with Crippen molar-refractivity contribution in [1.29, 1.82) is 0 Å². The van der Waals surface area contributed by atoms with E-state index < -0.39 is 17.5 Å². The number of hydrogen-bond donors (Lipinski definition) is 2. The van der Waals surface area contributed by atoms with E-state index in [-0.39, 0.29) is 5.41 Å². The van der Waals surface area contributed by atoms with Gasteiger partial charge >= 0.3 is 5.97 Å². The van der Waals surface area contributed by atoms with Gasteiger partial charge in [0, 0.05) is 0 Å². The van der Waals surface area contributed by atoms with Crippen LogP contribution in [0.3, 0.4) is 0 Å². The number of carboxylic acids is 1. The molecule has 1 saturated carbocycles. The number of carbonyl (C=O) groups is 1. The molecule has 0 saturated heterocycles. The van der Waals surface area contributed by atoms with E-state index in [2.05, 4.69) is 20.8 Å². The van der Waals surface area contributed by atoms with E-state index in [1.807, 2.05) is 6.92 Å². The fourth-order valence-electron chi connectivity index (χ4n) is 3.47. The normalized spacial score (nSPS) is 30.7. The molecule has 112 valence electrons. The molecule has 1 fully saturated rings. The van der Waals surface area contributed by atoms with Gasteiger partial charge in [-0.1, -0.05) is 40.5 Å². The van der Waals surface area contributed by atoms with Crippen LogP contribution in [0.5, 0.6) is 0 Å². The van der Waals surface area contributed by atoms with Gasteiger partial charge in [0.05, 0.1) is 11.5 Å². The van der Waals surface area contributed by atoms with Crippen molar-refractivity contribution in [3.63, 3.8) is 0 Å². The predicted octanol–water partition coefficient (Wildman–Crippen LogP) is 3.84. The van der Waals surface area contributed by atoms with Crippen LogP contribution in [0.2, 0.25) is 0 Å². The van der Waals surface area contributed by atoms with Gasteiger partial charge in [0.25, 0.3) is 0 Å². The zero-order valence-corrected chi connectivity index (χ0v) is 12.9. The Morgan fingerprint density at radius 1 is 1.32 bits per heavy atom. The summed E-state index contributed by atoms with van der Waals surface area (Å²) in [5, 5.41) is 20.2. The number of aliphatic carboxylic acids is 1. The molecule has 0 amide bonds. The third-order valence-corrected chi connectivity index (χ3v) is 4.84. The monoisotopic (exact) mass is 270 g/mol. The van der Waals surface area contributed by atoms with Gasteiger partial charge < -0.3 is 10.2 Å². The summed E-state index contributed by atoms with van der Waals surface area (Å²) in [5.74, 6) is -0.854. The fourth-order valence-corrected chi connectivity index (χ4v) is 3.47. The molecular formula is C16H30O3. The largest absolute Gasteiger partial charge is 0.481 e. The highest BCUT2D eigenvalue weighted by Gasteiger charge is 2.43. The molecule has 0 radical (unpaired) electrons. The quantitative estimate of drug-likeness (QED) is 0.763. The van der Waals surface area contributed by atoms with E-state index in [1.54, 1.807) is 0 Å². The van der Waals surface area contributed by atoms with Crippen LogP contribution in [-0.4, -0.2) is 21.8 Å². The molecule has 0 heterocycles. The van der Waals surface area contributed by atoms with Crippen molar-refractivity contribution in [3.8, 4) is 0 Å². The topological polar surface area (TPSA) is 57.5 Å². The highest BCUT2D eigenvalue weighted by molar-refractivity contribution is 5.71. The summed E-state index contributed by atoms with van der Waals surface area (Å²) < 4.78 is 0. The lowest BCUT2D eigenvalue weighted by atomic mass is 9.75. The Hall–Kier alpha value is -0.570.